The van der Waals surface area contributed by atoms with Gasteiger partial charge in [-0.3, -0.25) is 9.78 Å². The lowest BCUT2D eigenvalue weighted by Gasteiger charge is -2.26. The maximum Gasteiger partial charge on any atom is 0.306 e. The SMILES string of the molecule is O=C(O)C1CCC(c2ccncc2)CC1. The molecule has 0 radical (unpaired) electrons. The first-order valence-corrected chi connectivity index (χ1v) is 5.40. The lowest BCUT2D eigenvalue weighted by atomic mass is 9.79. The number of aliphatic carboxylic acids is 1. The Kier molecular flexibility index (Phi) is 2.99. The molecule has 0 unspecified atom stereocenters. The molecule has 1 saturated carbocycles. The number of carboxylic acid groups (broad SMARTS) is 1. The van der Waals surface area contributed by atoms with E-state index in [1.54, 1.807) is 12.4 Å². The van der Waals surface area contributed by atoms with Gasteiger partial charge in [0.15, 0.2) is 0 Å². The summed E-state index contributed by atoms with van der Waals surface area (Å²) in [6.45, 7) is 0. The normalized spacial score (nSPS) is 26.1. The van der Waals surface area contributed by atoms with Crippen LogP contribution in [0, 0.1) is 5.92 Å². The third-order valence-electron chi connectivity index (χ3n) is 3.25. The molecule has 2 rings (SSSR count). The fourth-order valence-electron chi connectivity index (χ4n) is 2.31. The minimum absolute atomic E-state index is 0.122. The van der Waals surface area contributed by atoms with Crippen LogP contribution < -0.4 is 0 Å². The highest BCUT2D eigenvalue weighted by molar-refractivity contribution is 5.70. The number of carbonyl (C=O) groups is 1. The van der Waals surface area contributed by atoms with E-state index in [2.05, 4.69) is 4.98 Å². The third kappa shape index (κ3) is 2.35. The molecular formula is C12H15NO2. The van der Waals surface area contributed by atoms with Gasteiger partial charge >= 0.3 is 5.97 Å². The summed E-state index contributed by atoms with van der Waals surface area (Å²) in [4.78, 5) is 14.8. The molecule has 0 amide bonds. The first kappa shape index (κ1) is 10.1. The Morgan fingerprint density at radius 3 is 2.33 bits per heavy atom. The third-order valence-corrected chi connectivity index (χ3v) is 3.25. The topological polar surface area (TPSA) is 50.2 Å². The summed E-state index contributed by atoms with van der Waals surface area (Å²) in [5.74, 6) is -0.227. The summed E-state index contributed by atoms with van der Waals surface area (Å²) in [7, 11) is 0. The number of carboxylic acids is 1. The molecule has 3 nitrogen and oxygen atoms in total. The van der Waals surface area contributed by atoms with E-state index in [9.17, 15) is 4.79 Å². The van der Waals surface area contributed by atoms with Crippen LogP contribution in [-0.2, 0) is 4.79 Å². The number of rotatable bonds is 2. The second-order valence-corrected chi connectivity index (χ2v) is 4.17. The Morgan fingerprint density at radius 2 is 1.80 bits per heavy atom. The van der Waals surface area contributed by atoms with Crippen molar-refractivity contribution < 1.29 is 9.90 Å². The van der Waals surface area contributed by atoms with Gasteiger partial charge in [0.2, 0.25) is 0 Å². The van der Waals surface area contributed by atoms with Gasteiger partial charge in [0.25, 0.3) is 0 Å². The molecule has 0 spiro atoms. The predicted molar refractivity (Wildman–Crippen MR) is 56.6 cm³/mol. The first-order valence-electron chi connectivity index (χ1n) is 5.40. The van der Waals surface area contributed by atoms with Gasteiger partial charge in [-0.25, -0.2) is 0 Å². The molecule has 1 aromatic heterocycles. The lowest BCUT2D eigenvalue weighted by Crippen LogP contribution is -2.20. The Bertz CT molecular complexity index is 329. The standard InChI is InChI=1S/C12H15NO2/c14-12(15)11-3-1-9(2-4-11)10-5-7-13-8-6-10/h5-9,11H,1-4H2,(H,14,15). The second kappa shape index (κ2) is 4.43. The van der Waals surface area contributed by atoms with Crippen molar-refractivity contribution in [2.24, 2.45) is 5.92 Å². The molecule has 1 N–H and O–H groups in total. The summed E-state index contributed by atoms with van der Waals surface area (Å²) in [6.07, 6.45) is 7.20. The van der Waals surface area contributed by atoms with Crippen molar-refractivity contribution in [2.75, 3.05) is 0 Å². The summed E-state index contributed by atoms with van der Waals surface area (Å²) < 4.78 is 0. The highest BCUT2D eigenvalue weighted by Gasteiger charge is 2.26. The number of hydrogen-bond donors (Lipinski definition) is 1. The zero-order valence-corrected chi connectivity index (χ0v) is 8.60. The zero-order chi connectivity index (χ0) is 10.7. The quantitative estimate of drug-likeness (QED) is 0.806. The number of hydrogen-bond acceptors (Lipinski definition) is 2. The largest absolute Gasteiger partial charge is 0.481 e. The molecule has 80 valence electrons. The fraction of sp³-hybridized carbons (Fsp3) is 0.500. The second-order valence-electron chi connectivity index (χ2n) is 4.17. The summed E-state index contributed by atoms with van der Waals surface area (Å²) >= 11 is 0. The maximum absolute atomic E-state index is 10.8. The molecule has 3 heteroatoms. The van der Waals surface area contributed by atoms with E-state index in [0.29, 0.717) is 5.92 Å². The van der Waals surface area contributed by atoms with E-state index < -0.39 is 5.97 Å². The summed E-state index contributed by atoms with van der Waals surface area (Å²) in [5.41, 5.74) is 1.30. The van der Waals surface area contributed by atoms with Gasteiger partial charge in [0.1, 0.15) is 0 Å². The van der Waals surface area contributed by atoms with Crippen LogP contribution in [0.3, 0.4) is 0 Å². The summed E-state index contributed by atoms with van der Waals surface area (Å²) in [6, 6.07) is 4.07. The molecule has 0 atom stereocenters. The van der Waals surface area contributed by atoms with E-state index in [0.717, 1.165) is 25.7 Å². The molecule has 0 saturated heterocycles. The highest BCUT2D eigenvalue weighted by Crippen LogP contribution is 2.35. The smallest absolute Gasteiger partial charge is 0.306 e. The van der Waals surface area contributed by atoms with E-state index >= 15 is 0 Å². The Balaban J connectivity index is 1.97. The van der Waals surface area contributed by atoms with E-state index in [1.165, 1.54) is 5.56 Å². The van der Waals surface area contributed by atoms with Crippen molar-refractivity contribution in [3.05, 3.63) is 30.1 Å². The molecule has 0 aliphatic heterocycles. The van der Waals surface area contributed by atoms with Crippen molar-refractivity contribution in [1.82, 2.24) is 4.98 Å². The molecule has 0 aromatic carbocycles. The van der Waals surface area contributed by atoms with Gasteiger partial charge in [0.05, 0.1) is 5.92 Å². The molecule has 1 aliphatic carbocycles. The van der Waals surface area contributed by atoms with Crippen LogP contribution in [-0.4, -0.2) is 16.1 Å². The minimum atomic E-state index is -0.636. The van der Waals surface area contributed by atoms with Crippen molar-refractivity contribution in [1.29, 1.82) is 0 Å². The van der Waals surface area contributed by atoms with Crippen LogP contribution in [0.1, 0.15) is 37.2 Å². The highest BCUT2D eigenvalue weighted by atomic mass is 16.4. The fourth-order valence-corrected chi connectivity index (χ4v) is 2.31. The van der Waals surface area contributed by atoms with Gasteiger partial charge in [0, 0.05) is 12.4 Å². The lowest BCUT2D eigenvalue weighted by molar-refractivity contribution is -0.142. The summed E-state index contributed by atoms with van der Waals surface area (Å²) in [5, 5.41) is 8.89. The molecule has 1 fully saturated rings. The van der Waals surface area contributed by atoms with Gasteiger partial charge in [-0.1, -0.05) is 0 Å². The Hall–Kier alpha value is -1.38. The van der Waals surface area contributed by atoms with Crippen LogP contribution in [0.4, 0.5) is 0 Å². The van der Waals surface area contributed by atoms with Gasteiger partial charge in [-0.05, 0) is 49.3 Å². The molecular weight excluding hydrogens is 190 g/mol. The van der Waals surface area contributed by atoms with E-state index in [1.807, 2.05) is 12.1 Å². The zero-order valence-electron chi connectivity index (χ0n) is 8.60. The number of aromatic nitrogens is 1. The van der Waals surface area contributed by atoms with Crippen LogP contribution in [0.25, 0.3) is 0 Å². The Labute approximate surface area is 89.2 Å². The molecule has 1 aliphatic rings. The molecule has 1 heterocycles. The van der Waals surface area contributed by atoms with Crippen molar-refractivity contribution >= 4 is 5.97 Å². The average molecular weight is 205 g/mol. The predicted octanol–water partition coefficient (Wildman–Crippen LogP) is 2.44. The molecule has 0 bridgehead atoms. The van der Waals surface area contributed by atoms with E-state index in [4.69, 9.17) is 5.11 Å². The van der Waals surface area contributed by atoms with Crippen molar-refractivity contribution in [2.45, 2.75) is 31.6 Å². The Morgan fingerprint density at radius 1 is 1.20 bits per heavy atom. The van der Waals surface area contributed by atoms with Crippen LogP contribution >= 0.6 is 0 Å². The van der Waals surface area contributed by atoms with Crippen LogP contribution in [0.5, 0.6) is 0 Å². The molecule has 1 aromatic rings. The molecule has 15 heavy (non-hydrogen) atoms. The van der Waals surface area contributed by atoms with Crippen molar-refractivity contribution in [3.63, 3.8) is 0 Å². The maximum atomic E-state index is 10.8. The number of pyridine rings is 1. The minimum Gasteiger partial charge on any atom is -0.481 e. The monoisotopic (exact) mass is 205 g/mol. The van der Waals surface area contributed by atoms with Gasteiger partial charge in [-0.2, -0.15) is 0 Å². The van der Waals surface area contributed by atoms with Crippen LogP contribution in [0.2, 0.25) is 0 Å². The first-order chi connectivity index (χ1) is 7.27. The van der Waals surface area contributed by atoms with Crippen molar-refractivity contribution in [3.8, 4) is 0 Å². The number of nitrogens with zero attached hydrogens (tertiary/aromatic N) is 1. The van der Waals surface area contributed by atoms with Gasteiger partial charge < -0.3 is 5.11 Å². The van der Waals surface area contributed by atoms with Crippen LogP contribution in [0.15, 0.2) is 24.5 Å². The van der Waals surface area contributed by atoms with E-state index in [-0.39, 0.29) is 5.92 Å². The van der Waals surface area contributed by atoms with Gasteiger partial charge in [-0.15, -0.1) is 0 Å². The average Bonchev–Trinajstić information content (AvgIpc) is 2.30.